The molecule has 1 nitrogen and oxygen atoms in total. The van der Waals surface area contributed by atoms with Gasteiger partial charge in [0.15, 0.2) is 0 Å². The van der Waals surface area contributed by atoms with Gasteiger partial charge in [0.2, 0.25) is 0 Å². The van der Waals surface area contributed by atoms with Gasteiger partial charge in [-0.25, -0.2) is 0 Å². The number of fused-ring (bicyclic) bond motifs is 1. The van der Waals surface area contributed by atoms with Gasteiger partial charge in [-0.15, -0.1) is 0 Å². The Kier molecular flexibility index (Phi) is 2.54. The quantitative estimate of drug-likeness (QED) is 0.586. The fraction of sp³-hybridized carbons (Fsp3) is 0.900. The molecule has 2 saturated carbocycles. The first-order valence-corrected chi connectivity index (χ1v) is 5.85. The SMILES string of the molecule is O=C1C[C@@H]2CCCC[C@H]2C[C@H]1Br. The average Bonchev–Trinajstić information content (AvgIpc) is 2.07. The van der Waals surface area contributed by atoms with Gasteiger partial charge in [0.05, 0.1) is 4.83 Å². The summed E-state index contributed by atoms with van der Waals surface area (Å²) in [5.74, 6) is 2.03. The van der Waals surface area contributed by atoms with Gasteiger partial charge in [0.1, 0.15) is 5.78 Å². The fourth-order valence-electron chi connectivity index (χ4n) is 2.65. The third-order valence-corrected chi connectivity index (χ3v) is 4.27. The molecular formula is C10H15BrO. The van der Waals surface area contributed by atoms with E-state index in [4.69, 9.17) is 0 Å². The molecule has 0 N–H and O–H groups in total. The molecule has 2 aliphatic carbocycles. The fourth-order valence-corrected chi connectivity index (χ4v) is 3.31. The van der Waals surface area contributed by atoms with Crippen molar-refractivity contribution in [3.05, 3.63) is 0 Å². The van der Waals surface area contributed by atoms with Crippen molar-refractivity contribution in [2.24, 2.45) is 11.8 Å². The second kappa shape index (κ2) is 3.49. The van der Waals surface area contributed by atoms with Crippen LogP contribution in [-0.2, 0) is 4.79 Å². The number of alkyl halides is 1. The van der Waals surface area contributed by atoms with Crippen LogP contribution in [0.4, 0.5) is 0 Å². The molecule has 2 heteroatoms. The van der Waals surface area contributed by atoms with Crippen molar-refractivity contribution in [3.63, 3.8) is 0 Å². The van der Waals surface area contributed by atoms with Crippen LogP contribution in [0.25, 0.3) is 0 Å². The highest BCUT2D eigenvalue weighted by molar-refractivity contribution is 9.10. The highest BCUT2D eigenvalue weighted by Gasteiger charge is 2.35. The molecule has 0 unspecified atom stereocenters. The first kappa shape index (κ1) is 8.74. The number of ketones is 1. The van der Waals surface area contributed by atoms with Gasteiger partial charge in [-0.2, -0.15) is 0 Å². The molecule has 68 valence electrons. The summed E-state index contributed by atoms with van der Waals surface area (Å²) in [6, 6.07) is 0. The summed E-state index contributed by atoms with van der Waals surface area (Å²) in [4.78, 5) is 11.6. The normalized spacial score (nSPS) is 42.4. The minimum absolute atomic E-state index is 0.178. The Morgan fingerprint density at radius 3 is 2.58 bits per heavy atom. The average molecular weight is 231 g/mol. The van der Waals surface area contributed by atoms with Crippen LogP contribution in [0.1, 0.15) is 38.5 Å². The summed E-state index contributed by atoms with van der Waals surface area (Å²) < 4.78 is 0. The lowest BCUT2D eigenvalue weighted by Crippen LogP contribution is -2.34. The molecule has 0 aromatic rings. The van der Waals surface area contributed by atoms with Crippen molar-refractivity contribution < 1.29 is 4.79 Å². The van der Waals surface area contributed by atoms with Crippen LogP contribution in [0.15, 0.2) is 0 Å². The van der Waals surface area contributed by atoms with Gasteiger partial charge in [0, 0.05) is 6.42 Å². The van der Waals surface area contributed by atoms with E-state index in [0.717, 1.165) is 24.7 Å². The molecule has 2 rings (SSSR count). The zero-order valence-corrected chi connectivity index (χ0v) is 8.85. The Balaban J connectivity index is 2.02. The summed E-state index contributed by atoms with van der Waals surface area (Å²) in [6.07, 6.45) is 7.34. The van der Waals surface area contributed by atoms with E-state index in [-0.39, 0.29) is 4.83 Å². The number of halogens is 1. The number of hydrogen-bond donors (Lipinski definition) is 0. The number of rotatable bonds is 0. The van der Waals surface area contributed by atoms with Crippen molar-refractivity contribution in [3.8, 4) is 0 Å². The van der Waals surface area contributed by atoms with E-state index in [2.05, 4.69) is 15.9 Å². The lowest BCUT2D eigenvalue weighted by atomic mass is 9.70. The Hall–Kier alpha value is 0.150. The van der Waals surface area contributed by atoms with Gasteiger partial charge in [-0.05, 0) is 24.7 Å². The largest absolute Gasteiger partial charge is 0.298 e. The third-order valence-electron chi connectivity index (χ3n) is 3.39. The van der Waals surface area contributed by atoms with E-state index in [9.17, 15) is 4.79 Å². The first-order chi connectivity index (χ1) is 5.77. The van der Waals surface area contributed by atoms with Crippen LogP contribution < -0.4 is 0 Å². The Morgan fingerprint density at radius 1 is 1.17 bits per heavy atom. The molecule has 0 saturated heterocycles. The molecule has 0 amide bonds. The van der Waals surface area contributed by atoms with Gasteiger partial charge >= 0.3 is 0 Å². The summed E-state index contributed by atoms with van der Waals surface area (Å²) in [7, 11) is 0. The monoisotopic (exact) mass is 230 g/mol. The Labute approximate surface area is 82.0 Å². The number of hydrogen-bond acceptors (Lipinski definition) is 1. The Bertz CT molecular complexity index is 190. The highest BCUT2D eigenvalue weighted by Crippen LogP contribution is 2.40. The van der Waals surface area contributed by atoms with E-state index in [1.807, 2.05) is 0 Å². The van der Waals surface area contributed by atoms with Crippen molar-refractivity contribution in [1.29, 1.82) is 0 Å². The van der Waals surface area contributed by atoms with Crippen LogP contribution in [0.2, 0.25) is 0 Å². The first-order valence-electron chi connectivity index (χ1n) is 4.94. The van der Waals surface area contributed by atoms with Crippen molar-refractivity contribution >= 4 is 21.7 Å². The number of carbonyl (C=O) groups excluding carboxylic acids is 1. The molecule has 0 aromatic heterocycles. The predicted molar refractivity (Wildman–Crippen MR) is 52.4 cm³/mol. The molecule has 2 aliphatic rings. The maximum absolute atomic E-state index is 11.4. The molecule has 0 spiro atoms. The third kappa shape index (κ3) is 1.59. The van der Waals surface area contributed by atoms with E-state index in [0.29, 0.717) is 5.78 Å². The van der Waals surface area contributed by atoms with Gasteiger partial charge in [-0.3, -0.25) is 4.79 Å². The van der Waals surface area contributed by atoms with Crippen LogP contribution in [0.5, 0.6) is 0 Å². The van der Waals surface area contributed by atoms with E-state index in [1.54, 1.807) is 0 Å². The van der Waals surface area contributed by atoms with E-state index >= 15 is 0 Å². The molecule has 2 fully saturated rings. The lowest BCUT2D eigenvalue weighted by molar-refractivity contribution is -0.122. The van der Waals surface area contributed by atoms with Crippen LogP contribution in [-0.4, -0.2) is 10.6 Å². The predicted octanol–water partition coefficient (Wildman–Crippen LogP) is 2.92. The second-order valence-electron chi connectivity index (χ2n) is 4.18. The molecule has 12 heavy (non-hydrogen) atoms. The van der Waals surface area contributed by atoms with Crippen molar-refractivity contribution in [2.75, 3.05) is 0 Å². The molecule has 0 aliphatic heterocycles. The second-order valence-corrected chi connectivity index (χ2v) is 5.28. The van der Waals surface area contributed by atoms with Gasteiger partial charge in [0.25, 0.3) is 0 Å². The minimum Gasteiger partial charge on any atom is -0.298 e. The molecule has 3 atom stereocenters. The zero-order valence-electron chi connectivity index (χ0n) is 7.26. The summed E-state index contributed by atoms with van der Waals surface area (Å²) in [5.41, 5.74) is 0. The van der Waals surface area contributed by atoms with Crippen LogP contribution in [0.3, 0.4) is 0 Å². The summed E-state index contributed by atoms with van der Waals surface area (Å²) in [6.45, 7) is 0. The molecule has 0 bridgehead atoms. The smallest absolute Gasteiger partial charge is 0.146 e. The van der Waals surface area contributed by atoms with E-state index in [1.165, 1.54) is 25.7 Å². The molecule has 0 aromatic carbocycles. The summed E-state index contributed by atoms with van der Waals surface area (Å²) in [5, 5.41) is 0. The van der Waals surface area contributed by atoms with Gasteiger partial charge in [-0.1, -0.05) is 35.2 Å². The molecular weight excluding hydrogens is 216 g/mol. The maximum Gasteiger partial charge on any atom is 0.146 e. The van der Waals surface area contributed by atoms with Gasteiger partial charge < -0.3 is 0 Å². The standard InChI is InChI=1S/C10H15BrO/c11-9-5-7-3-1-2-4-8(7)6-10(9)12/h7-9H,1-6H2/t7-,8-,9+/m0/s1. The minimum atomic E-state index is 0.178. The van der Waals surface area contributed by atoms with Crippen molar-refractivity contribution in [1.82, 2.24) is 0 Å². The molecule has 0 radical (unpaired) electrons. The molecule has 0 heterocycles. The zero-order chi connectivity index (χ0) is 8.55. The topological polar surface area (TPSA) is 17.1 Å². The van der Waals surface area contributed by atoms with Crippen LogP contribution >= 0.6 is 15.9 Å². The maximum atomic E-state index is 11.4. The van der Waals surface area contributed by atoms with Crippen LogP contribution in [0, 0.1) is 11.8 Å². The van der Waals surface area contributed by atoms with E-state index < -0.39 is 0 Å². The number of Topliss-reactive ketones (excluding diaryl/α,β-unsaturated/α-hetero) is 1. The number of carbonyl (C=O) groups is 1. The Morgan fingerprint density at radius 2 is 1.83 bits per heavy atom. The summed E-state index contributed by atoms with van der Waals surface area (Å²) >= 11 is 3.47. The highest BCUT2D eigenvalue weighted by atomic mass is 79.9. The lowest BCUT2D eigenvalue weighted by Gasteiger charge is -2.36. The van der Waals surface area contributed by atoms with Crippen molar-refractivity contribution in [2.45, 2.75) is 43.4 Å².